The van der Waals surface area contributed by atoms with Crippen LogP contribution in [0.3, 0.4) is 0 Å². The molecule has 1 saturated carbocycles. The zero-order valence-electron chi connectivity index (χ0n) is 9.40. The highest BCUT2D eigenvalue weighted by molar-refractivity contribution is 6.00. The first-order valence-electron chi connectivity index (χ1n) is 5.56. The lowest BCUT2D eigenvalue weighted by Crippen LogP contribution is -2.13. The van der Waals surface area contributed by atoms with E-state index in [4.69, 9.17) is 5.73 Å². The van der Waals surface area contributed by atoms with Crippen LogP contribution in [0.2, 0.25) is 0 Å². The summed E-state index contributed by atoms with van der Waals surface area (Å²) >= 11 is 0. The molecule has 0 radical (unpaired) electrons. The smallest absolute Gasteiger partial charge is 0.250 e. The van der Waals surface area contributed by atoms with E-state index in [9.17, 15) is 9.59 Å². The van der Waals surface area contributed by atoms with E-state index in [0.717, 1.165) is 18.4 Å². The molecule has 0 atom stereocenters. The van der Waals surface area contributed by atoms with Crippen molar-refractivity contribution in [2.45, 2.75) is 19.3 Å². The maximum absolute atomic E-state index is 11.4. The Morgan fingerprint density at radius 3 is 2.71 bits per heavy atom. The first-order chi connectivity index (χ1) is 8.18. The first-order valence-corrected chi connectivity index (χ1v) is 5.56. The number of carbonyl (C=O) groups excluding carboxylic acids is 2. The van der Waals surface area contributed by atoms with Crippen LogP contribution in [0.1, 0.15) is 29.6 Å². The lowest BCUT2D eigenvalue weighted by Gasteiger charge is -2.06. The van der Waals surface area contributed by atoms with Crippen molar-refractivity contribution in [1.82, 2.24) is 0 Å². The topological polar surface area (TPSA) is 72.2 Å². The molecule has 0 spiro atoms. The lowest BCUT2D eigenvalue weighted by molar-refractivity contribution is -0.114. The highest BCUT2D eigenvalue weighted by Gasteiger charge is 2.16. The summed E-state index contributed by atoms with van der Waals surface area (Å²) in [5.74, 6) is -0.307. The van der Waals surface area contributed by atoms with Gasteiger partial charge in [-0.1, -0.05) is 12.1 Å². The Hall–Kier alpha value is -2.10. The van der Waals surface area contributed by atoms with E-state index in [1.807, 2.05) is 6.07 Å². The van der Waals surface area contributed by atoms with E-state index in [-0.39, 0.29) is 5.78 Å². The van der Waals surface area contributed by atoms with Crippen LogP contribution in [-0.4, -0.2) is 11.7 Å². The average molecular weight is 230 g/mol. The van der Waals surface area contributed by atoms with Crippen LogP contribution >= 0.6 is 0 Å². The number of nitrogens with one attached hydrogen (secondary N) is 1. The Balaban J connectivity index is 2.19. The van der Waals surface area contributed by atoms with Crippen molar-refractivity contribution in [3.63, 3.8) is 0 Å². The molecule has 1 aromatic carbocycles. The number of Topliss-reactive ketones (excluding diaryl/α,β-unsaturated/α-hetero) is 1. The minimum Gasteiger partial charge on any atom is -0.366 e. The zero-order chi connectivity index (χ0) is 12.3. The van der Waals surface area contributed by atoms with Crippen molar-refractivity contribution in [2.24, 2.45) is 5.73 Å². The van der Waals surface area contributed by atoms with Gasteiger partial charge in [0, 0.05) is 18.2 Å². The van der Waals surface area contributed by atoms with Crippen molar-refractivity contribution in [3.05, 3.63) is 41.6 Å². The molecule has 0 bridgehead atoms. The predicted molar refractivity (Wildman–Crippen MR) is 65.5 cm³/mol. The van der Waals surface area contributed by atoms with Gasteiger partial charge in [-0.15, -0.1) is 0 Å². The summed E-state index contributed by atoms with van der Waals surface area (Å²) in [5, 5.41) is 2.98. The third kappa shape index (κ3) is 2.53. The molecule has 1 amide bonds. The summed E-state index contributed by atoms with van der Waals surface area (Å²) in [6.07, 6.45) is 4.00. The number of ketones is 1. The molecular weight excluding hydrogens is 216 g/mol. The van der Waals surface area contributed by atoms with Crippen LogP contribution in [0.4, 0.5) is 5.69 Å². The van der Waals surface area contributed by atoms with E-state index < -0.39 is 5.91 Å². The molecule has 1 fully saturated rings. The lowest BCUT2D eigenvalue weighted by atomic mass is 10.1. The highest BCUT2D eigenvalue weighted by atomic mass is 16.1. The summed E-state index contributed by atoms with van der Waals surface area (Å²) in [4.78, 5) is 22.6. The number of hydrogen-bond donors (Lipinski definition) is 2. The molecular formula is C13H14N2O2. The molecule has 0 saturated heterocycles. The van der Waals surface area contributed by atoms with Crippen molar-refractivity contribution < 1.29 is 9.59 Å². The fourth-order valence-corrected chi connectivity index (χ4v) is 1.88. The number of hydrogen-bond acceptors (Lipinski definition) is 3. The second-order valence-corrected chi connectivity index (χ2v) is 4.00. The molecule has 1 aromatic rings. The highest BCUT2D eigenvalue weighted by Crippen LogP contribution is 2.21. The fraction of sp³-hybridized carbons (Fsp3) is 0.231. The second-order valence-electron chi connectivity index (χ2n) is 4.00. The number of nitrogens with two attached hydrogens (primary N) is 1. The summed E-state index contributed by atoms with van der Waals surface area (Å²) in [6, 6.07) is 6.97. The van der Waals surface area contributed by atoms with Gasteiger partial charge in [0.25, 0.3) is 5.91 Å². The Morgan fingerprint density at radius 1 is 1.29 bits per heavy atom. The van der Waals surface area contributed by atoms with Crippen molar-refractivity contribution >= 4 is 17.4 Å². The quantitative estimate of drug-likeness (QED) is 0.778. The number of rotatable bonds is 3. The van der Waals surface area contributed by atoms with E-state index in [1.165, 1.54) is 0 Å². The maximum Gasteiger partial charge on any atom is 0.250 e. The van der Waals surface area contributed by atoms with E-state index in [2.05, 4.69) is 5.32 Å². The molecule has 0 aliphatic heterocycles. The maximum atomic E-state index is 11.4. The van der Waals surface area contributed by atoms with Crippen molar-refractivity contribution in [2.75, 3.05) is 5.32 Å². The molecule has 2 rings (SSSR count). The van der Waals surface area contributed by atoms with Crippen LogP contribution in [0.5, 0.6) is 0 Å². The van der Waals surface area contributed by atoms with Gasteiger partial charge in [-0.05, 0) is 25.0 Å². The summed E-state index contributed by atoms with van der Waals surface area (Å²) in [6.45, 7) is 0. The van der Waals surface area contributed by atoms with Gasteiger partial charge < -0.3 is 11.1 Å². The standard InChI is InChI=1S/C13H14N2O2/c14-13(17)10-5-1-2-6-11(10)15-8-9-4-3-7-12(9)16/h1-2,5-6,8,15H,3-4,7H2,(H2,14,17)/b9-8-. The summed E-state index contributed by atoms with van der Waals surface area (Å²) < 4.78 is 0. The molecule has 0 aromatic heterocycles. The third-order valence-electron chi connectivity index (χ3n) is 2.80. The molecule has 0 unspecified atom stereocenters. The number of anilines is 1. The van der Waals surface area contributed by atoms with Gasteiger partial charge in [-0.25, -0.2) is 0 Å². The number of primary amides is 1. The number of para-hydroxylation sites is 1. The molecule has 0 heterocycles. The second kappa shape index (κ2) is 4.82. The largest absolute Gasteiger partial charge is 0.366 e. The average Bonchev–Trinajstić information content (AvgIpc) is 2.72. The van der Waals surface area contributed by atoms with E-state index >= 15 is 0 Å². The molecule has 17 heavy (non-hydrogen) atoms. The number of amides is 1. The fourth-order valence-electron chi connectivity index (χ4n) is 1.88. The van der Waals surface area contributed by atoms with Gasteiger partial charge in [0.2, 0.25) is 0 Å². The Bertz CT molecular complexity index is 492. The van der Waals surface area contributed by atoms with Crippen LogP contribution in [0, 0.1) is 0 Å². The summed E-state index contributed by atoms with van der Waals surface area (Å²) in [5.41, 5.74) is 7.10. The third-order valence-corrected chi connectivity index (χ3v) is 2.80. The molecule has 1 aliphatic carbocycles. The van der Waals surface area contributed by atoms with Crippen molar-refractivity contribution in [3.8, 4) is 0 Å². The SMILES string of the molecule is NC(=O)c1ccccc1N/C=C1/CCCC1=O. The van der Waals surface area contributed by atoms with Gasteiger partial charge in [0.15, 0.2) is 5.78 Å². The van der Waals surface area contributed by atoms with Gasteiger partial charge in [0.05, 0.1) is 11.3 Å². The Morgan fingerprint density at radius 2 is 2.06 bits per heavy atom. The molecule has 3 N–H and O–H groups in total. The van der Waals surface area contributed by atoms with Crippen LogP contribution in [-0.2, 0) is 4.79 Å². The van der Waals surface area contributed by atoms with Crippen LogP contribution in [0.25, 0.3) is 0 Å². The van der Waals surface area contributed by atoms with Gasteiger partial charge >= 0.3 is 0 Å². The Kier molecular flexibility index (Phi) is 3.23. The zero-order valence-corrected chi connectivity index (χ0v) is 9.40. The number of carbonyl (C=O) groups is 2. The van der Waals surface area contributed by atoms with Gasteiger partial charge in [0.1, 0.15) is 0 Å². The summed E-state index contributed by atoms with van der Waals surface area (Å²) in [7, 11) is 0. The molecule has 1 aliphatic rings. The first kappa shape index (κ1) is 11.4. The predicted octanol–water partition coefficient (Wildman–Crippen LogP) is 1.83. The molecule has 88 valence electrons. The monoisotopic (exact) mass is 230 g/mol. The van der Waals surface area contributed by atoms with Crippen molar-refractivity contribution in [1.29, 1.82) is 0 Å². The van der Waals surface area contributed by atoms with E-state index in [1.54, 1.807) is 24.4 Å². The Labute approximate surface area is 99.5 Å². The van der Waals surface area contributed by atoms with Gasteiger partial charge in [-0.3, -0.25) is 9.59 Å². The van der Waals surface area contributed by atoms with E-state index in [0.29, 0.717) is 17.7 Å². The van der Waals surface area contributed by atoms with Gasteiger partial charge in [-0.2, -0.15) is 0 Å². The minimum absolute atomic E-state index is 0.175. The molecule has 4 heteroatoms. The van der Waals surface area contributed by atoms with Crippen LogP contribution in [0.15, 0.2) is 36.0 Å². The minimum atomic E-state index is -0.482. The number of benzene rings is 1. The van der Waals surface area contributed by atoms with Crippen LogP contribution < -0.4 is 11.1 Å². The normalized spacial score (nSPS) is 17.4. The number of allylic oxidation sites excluding steroid dienone is 1. The molecule has 4 nitrogen and oxygen atoms in total.